The molecule has 1 saturated heterocycles. The van der Waals surface area contributed by atoms with E-state index in [-0.39, 0.29) is 17.9 Å². The average Bonchev–Trinajstić information content (AvgIpc) is 3.45. The molecule has 5 rings (SSSR count). The molecule has 2 amide bonds. The van der Waals surface area contributed by atoms with Crippen molar-refractivity contribution in [2.24, 2.45) is 0 Å². The minimum Gasteiger partial charge on any atom is -0.368 e. The van der Waals surface area contributed by atoms with Crippen LogP contribution in [0.25, 0.3) is 0 Å². The minimum absolute atomic E-state index is 0.109. The summed E-state index contributed by atoms with van der Waals surface area (Å²) in [6.45, 7) is 6.96. The van der Waals surface area contributed by atoms with Crippen molar-refractivity contribution < 1.29 is 9.59 Å². The Morgan fingerprint density at radius 3 is 2.18 bits per heavy atom. The summed E-state index contributed by atoms with van der Waals surface area (Å²) < 4.78 is 1.72. The fraction of sp³-hybridized carbons (Fsp3) is 0.433. The van der Waals surface area contributed by atoms with Crippen molar-refractivity contribution in [2.75, 3.05) is 36.4 Å². The zero-order valence-electron chi connectivity index (χ0n) is 22.2. The first-order valence-corrected chi connectivity index (χ1v) is 14.0. The fourth-order valence-electron chi connectivity index (χ4n) is 5.88. The maximum atomic E-state index is 13.9. The van der Waals surface area contributed by atoms with E-state index in [9.17, 15) is 9.59 Å². The molecule has 1 saturated carbocycles. The standard InChI is InChI=1S/C30H36ClN5O2/c1-22(2)36-27(14-17-32-36)28(37)33-25-10-12-26(13-11-25)34-18-20-35(21-19-34)29(38)30(15-4-3-5-16-30)23-6-8-24(31)9-7-23/h6-14,17,22H,3-5,15-16,18-21H2,1-2H3,(H,33,37). The zero-order valence-corrected chi connectivity index (χ0v) is 23.0. The van der Waals surface area contributed by atoms with Gasteiger partial charge in [0, 0.05) is 54.8 Å². The van der Waals surface area contributed by atoms with Crippen LogP contribution in [-0.2, 0) is 10.2 Å². The SMILES string of the molecule is CC(C)n1nccc1C(=O)Nc1ccc(N2CCN(C(=O)C3(c4ccc(Cl)cc4)CCCCC3)CC2)cc1. The van der Waals surface area contributed by atoms with Gasteiger partial charge in [0.2, 0.25) is 5.91 Å². The largest absolute Gasteiger partial charge is 0.368 e. The number of benzene rings is 2. The second-order valence-corrected chi connectivity index (χ2v) is 11.1. The number of carbonyl (C=O) groups is 2. The van der Waals surface area contributed by atoms with Crippen LogP contribution >= 0.6 is 11.6 Å². The van der Waals surface area contributed by atoms with Crippen molar-refractivity contribution in [3.8, 4) is 0 Å². The lowest BCUT2D eigenvalue weighted by Gasteiger charge is -2.43. The Bertz CT molecular complexity index is 1250. The molecule has 2 heterocycles. The summed E-state index contributed by atoms with van der Waals surface area (Å²) in [5, 5.41) is 7.92. The smallest absolute Gasteiger partial charge is 0.273 e. The highest BCUT2D eigenvalue weighted by Gasteiger charge is 2.44. The van der Waals surface area contributed by atoms with E-state index in [1.807, 2.05) is 62.4 Å². The summed E-state index contributed by atoms with van der Waals surface area (Å²) in [7, 11) is 0. The first kappa shape index (κ1) is 26.3. The quantitative estimate of drug-likeness (QED) is 0.427. The van der Waals surface area contributed by atoms with Crippen LogP contribution in [0.3, 0.4) is 0 Å². The number of nitrogens with zero attached hydrogens (tertiary/aromatic N) is 4. The second kappa shape index (κ2) is 11.2. The van der Waals surface area contributed by atoms with Gasteiger partial charge in [-0.15, -0.1) is 0 Å². The summed E-state index contributed by atoms with van der Waals surface area (Å²) in [4.78, 5) is 31.0. The first-order valence-electron chi connectivity index (χ1n) is 13.6. The molecule has 3 aromatic rings. The number of nitrogens with one attached hydrogen (secondary N) is 1. The molecule has 1 aliphatic heterocycles. The molecule has 1 aromatic heterocycles. The van der Waals surface area contributed by atoms with Gasteiger partial charge in [-0.1, -0.05) is 43.0 Å². The van der Waals surface area contributed by atoms with Gasteiger partial charge in [0.05, 0.1) is 5.41 Å². The summed E-state index contributed by atoms with van der Waals surface area (Å²) in [5.74, 6) is 0.0891. The van der Waals surface area contributed by atoms with Gasteiger partial charge in [-0.2, -0.15) is 5.10 Å². The van der Waals surface area contributed by atoms with Crippen molar-refractivity contribution >= 4 is 34.8 Å². The normalized spacial score (nSPS) is 17.5. The molecule has 2 fully saturated rings. The van der Waals surface area contributed by atoms with E-state index in [0.717, 1.165) is 55.7 Å². The Morgan fingerprint density at radius 2 is 1.55 bits per heavy atom. The summed E-state index contributed by atoms with van der Waals surface area (Å²) in [6, 6.07) is 17.7. The highest BCUT2D eigenvalue weighted by Crippen LogP contribution is 2.41. The topological polar surface area (TPSA) is 70.5 Å². The van der Waals surface area contributed by atoms with Gasteiger partial charge >= 0.3 is 0 Å². The van der Waals surface area contributed by atoms with Crippen LogP contribution < -0.4 is 10.2 Å². The van der Waals surface area contributed by atoms with Gasteiger partial charge in [0.25, 0.3) is 5.91 Å². The highest BCUT2D eigenvalue weighted by atomic mass is 35.5. The van der Waals surface area contributed by atoms with Gasteiger partial charge in [0.15, 0.2) is 0 Å². The number of hydrogen-bond acceptors (Lipinski definition) is 4. The molecular formula is C30H36ClN5O2. The molecule has 0 bridgehead atoms. The van der Waals surface area contributed by atoms with E-state index < -0.39 is 5.41 Å². The molecule has 2 aromatic carbocycles. The predicted octanol–water partition coefficient (Wildman–Crippen LogP) is 5.92. The summed E-state index contributed by atoms with van der Waals surface area (Å²) in [5.41, 5.74) is 3.04. The van der Waals surface area contributed by atoms with Crippen molar-refractivity contribution in [3.63, 3.8) is 0 Å². The Balaban J connectivity index is 1.21. The molecule has 7 nitrogen and oxygen atoms in total. The van der Waals surface area contributed by atoms with Crippen LogP contribution in [0.2, 0.25) is 5.02 Å². The van der Waals surface area contributed by atoms with Crippen LogP contribution in [0.4, 0.5) is 11.4 Å². The van der Waals surface area contributed by atoms with E-state index in [1.165, 1.54) is 6.42 Å². The summed E-state index contributed by atoms with van der Waals surface area (Å²) in [6.07, 6.45) is 6.80. The lowest BCUT2D eigenvalue weighted by atomic mass is 9.68. The van der Waals surface area contributed by atoms with E-state index >= 15 is 0 Å². The van der Waals surface area contributed by atoms with Gasteiger partial charge in [-0.25, -0.2) is 0 Å². The maximum Gasteiger partial charge on any atom is 0.273 e. The van der Waals surface area contributed by atoms with Gasteiger partial charge < -0.3 is 15.1 Å². The Labute approximate surface area is 229 Å². The number of carbonyl (C=O) groups excluding carboxylic acids is 2. The molecule has 0 unspecified atom stereocenters. The Kier molecular flexibility index (Phi) is 7.75. The molecule has 200 valence electrons. The molecule has 1 aliphatic carbocycles. The second-order valence-electron chi connectivity index (χ2n) is 10.7. The number of amides is 2. The van der Waals surface area contributed by atoms with Gasteiger partial charge in [-0.3, -0.25) is 14.3 Å². The number of hydrogen-bond donors (Lipinski definition) is 1. The highest BCUT2D eigenvalue weighted by molar-refractivity contribution is 6.30. The maximum absolute atomic E-state index is 13.9. The van der Waals surface area contributed by atoms with Crippen LogP contribution in [0, 0.1) is 0 Å². The predicted molar refractivity (Wildman–Crippen MR) is 152 cm³/mol. The van der Waals surface area contributed by atoms with E-state index in [2.05, 4.69) is 20.2 Å². The molecular weight excluding hydrogens is 498 g/mol. The van der Waals surface area contributed by atoms with Gasteiger partial charge in [0.1, 0.15) is 5.69 Å². The third-order valence-electron chi connectivity index (χ3n) is 7.96. The third kappa shape index (κ3) is 5.30. The minimum atomic E-state index is -0.435. The van der Waals surface area contributed by atoms with E-state index in [0.29, 0.717) is 23.8 Å². The molecule has 2 aliphatic rings. The summed E-state index contributed by atoms with van der Waals surface area (Å²) >= 11 is 6.15. The Hall–Kier alpha value is -3.32. The first-order chi connectivity index (χ1) is 18.4. The van der Waals surface area contributed by atoms with Crippen molar-refractivity contribution in [3.05, 3.63) is 77.1 Å². The van der Waals surface area contributed by atoms with Crippen LogP contribution in [0.5, 0.6) is 0 Å². The molecule has 0 radical (unpaired) electrons. The zero-order chi connectivity index (χ0) is 26.7. The van der Waals surface area contributed by atoms with Crippen molar-refractivity contribution in [1.82, 2.24) is 14.7 Å². The molecule has 0 atom stereocenters. The van der Waals surface area contributed by atoms with E-state index in [4.69, 9.17) is 11.6 Å². The fourth-order valence-corrected chi connectivity index (χ4v) is 6.00. The van der Waals surface area contributed by atoms with E-state index in [1.54, 1.807) is 16.9 Å². The number of anilines is 2. The molecule has 38 heavy (non-hydrogen) atoms. The van der Waals surface area contributed by atoms with Crippen LogP contribution in [-0.4, -0.2) is 52.7 Å². The number of halogens is 1. The van der Waals surface area contributed by atoms with Crippen molar-refractivity contribution in [2.45, 2.75) is 57.4 Å². The van der Waals surface area contributed by atoms with Gasteiger partial charge in [-0.05, 0) is 74.7 Å². The van der Waals surface area contributed by atoms with Crippen LogP contribution in [0.1, 0.15) is 68.0 Å². The number of aromatic nitrogens is 2. The number of piperazine rings is 1. The monoisotopic (exact) mass is 533 g/mol. The third-order valence-corrected chi connectivity index (χ3v) is 8.21. The molecule has 0 spiro atoms. The number of rotatable bonds is 6. The average molecular weight is 534 g/mol. The lowest BCUT2D eigenvalue weighted by molar-refractivity contribution is -0.139. The Morgan fingerprint density at radius 1 is 0.895 bits per heavy atom. The molecule has 8 heteroatoms. The van der Waals surface area contributed by atoms with Crippen molar-refractivity contribution in [1.29, 1.82) is 0 Å². The molecule has 1 N–H and O–H groups in total. The lowest BCUT2D eigenvalue weighted by Crippen LogP contribution is -2.55. The van der Waals surface area contributed by atoms with Crippen LogP contribution in [0.15, 0.2) is 60.8 Å².